The van der Waals surface area contributed by atoms with Gasteiger partial charge in [-0.25, -0.2) is 0 Å². The van der Waals surface area contributed by atoms with Crippen LogP contribution in [0.4, 0.5) is 5.69 Å². The highest BCUT2D eigenvalue weighted by Gasteiger charge is 2.12. The SMILES string of the molecule is COc1ccc(/C=C/c2nc3s/c(=C\c4ccc(-c5cccc([N+](=O)[O-])c5)o4)c(=O)n3n2)cc1OC. The Morgan fingerprint density at radius 3 is 2.64 bits per heavy atom. The van der Waals surface area contributed by atoms with E-state index >= 15 is 0 Å². The van der Waals surface area contributed by atoms with Crippen molar-refractivity contribution in [1.82, 2.24) is 14.6 Å². The third-order valence-corrected chi connectivity index (χ3v) is 6.23. The summed E-state index contributed by atoms with van der Waals surface area (Å²) in [5, 5.41) is 15.3. The number of ether oxygens (including phenoxy) is 2. The Balaban J connectivity index is 1.40. The van der Waals surface area contributed by atoms with Crippen molar-refractivity contribution in [1.29, 1.82) is 0 Å². The van der Waals surface area contributed by atoms with E-state index in [-0.39, 0.29) is 11.2 Å². The first-order valence-corrected chi connectivity index (χ1v) is 11.4. The summed E-state index contributed by atoms with van der Waals surface area (Å²) in [6, 6.07) is 15.0. The minimum absolute atomic E-state index is 0.0298. The maximum atomic E-state index is 12.8. The molecule has 0 aliphatic heterocycles. The molecule has 0 saturated heterocycles. The second-order valence-electron chi connectivity index (χ2n) is 7.54. The highest BCUT2D eigenvalue weighted by atomic mass is 32.1. The molecule has 0 unspecified atom stereocenters. The Morgan fingerprint density at radius 2 is 1.89 bits per heavy atom. The quantitative estimate of drug-likeness (QED) is 0.241. The second-order valence-corrected chi connectivity index (χ2v) is 8.55. The van der Waals surface area contributed by atoms with E-state index in [4.69, 9.17) is 13.9 Å². The van der Waals surface area contributed by atoms with Crippen molar-refractivity contribution in [2.45, 2.75) is 0 Å². The first-order chi connectivity index (χ1) is 17.4. The molecule has 0 bridgehead atoms. The number of non-ortho nitro benzene ring substituents is 1. The number of thiazole rings is 1. The zero-order valence-electron chi connectivity index (χ0n) is 19.1. The molecular weight excluding hydrogens is 484 g/mol. The van der Waals surface area contributed by atoms with Gasteiger partial charge in [0, 0.05) is 23.8 Å². The largest absolute Gasteiger partial charge is 0.493 e. The molecule has 3 heterocycles. The average molecular weight is 503 g/mol. The van der Waals surface area contributed by atoms with E-state index in [0.717, 1.165) is 5.56 Å². The minimum atomic E-state index is -0.463. The molecule has 0 radical (unpaired) electrons. The lowest BCUT2D eigenvalue weighted by Crippen LogP contribution is -2.23. The van der Waals surface area contributed by atoms with Crippen molar-refractivity contribution in [2.75, 3.05) is 14.2 Å². The number of benzene rings is 2. The number of nitro benzene ring substituents is 1. The molecule has 180 valence electrons. The molecule has 0 atom stereocenters. The van der Waals surface area contributed by atoms with Crippen molar-refractivity contribution in [3.8, 4) is 22.8 Å². The van der Waals surface area contributed by atoms with Crippen molar-refractivity contribution in [3.05, 3.63) is 96.7 Å². The summed E-state index contributed by atoms with van der Waals surface area (Å²) in [6.07, 6.45) is 5.13. The van der Waals surface area contributed by atoms with Crippen molar-refractivity contribution in [2.24, 2.45) is 0 Å². The second kappa shape index (κ2) is 9.47. The smallest absolute Gasteiger partial charge is 0.291 e. The van der Waals surface area contributed by atoms with Gasteiger partial charge >= 0.3 is 0 Å². The molecule has 2 aromatic carbocycles. The van der Waals surface area contributed by atoms with E-state index in [1.165, 1.54) is 28.0 Å². The molecule has 0 spiro atoms. The number of nitro groups is 1. The summed E-state index contributed by atoms with van der Waals surface area (Å²) in [5.41, 5.74) is 1.08. The average Bonchev–Trinajstić information content (AvgIpc) is 3.59. The number of aromatic nitrogens is 3. The lowest BCUT2D eigenvalue weighted by molar-refractivity contribution is -0.384. The van der Waals surface area contributed by atoms with Crippen LogP contribution in [0.5, 0.6) is 11.5 Å². The Labute approximate surface area is 207 Å². The van der Waals surface area contributed by atoms with Crippen molar-refractivity contribution >= 4 is 40.2 Å². The monoisotopic (exact) mass is 502 g/mol. The van der Waals surface area contributed by atoms with E-state index < -0.39 is 4.92 Å². The van der Waals surface area contributed by atoms with Crippen LogP contribution in [-0.4, -0.2) is 33.7 Å². The third-order valence-electron chi connectivity index (χ3n) is 5.27. The number of hydrogen-bond acceptors (Lipinski definition) is 9. The van der Waals surface area contributed by atoms with E-state index in [9.17, 15) is 14.9 Å². The number of methoxy groups -OCH3 is 2. The van der Waals surface area contributed by atoms with Crippen LogP contribution >= 0.6 is 11.3 Å². The number of nitrogens with zero attached hydrogens (tertiary/aromatic N) is 4. The zero-order valence-corrected chi connectivity index (χ0v) is 19.9. The molecule has 0 N–H and O–H groups in total. The maximum Gasteiger partial charge on any atom is 0.291 e. The molecule has 0 fully saturated rings. The van der Waals surface area contributed by atoms with Gasteiger partial charge in [-0.1, -0.05) is 35.6 Å². The predicted octanol–water partition coefficient (Wildman–Crippen LogP) is 4.05. The number of hydrogen-bond donors (Lipinski definition) is 0. The van der Waals surface area contributed by atoms with Crippen LogP contribution < -0.4 is 19.6 Å². The molecule has 0 aliphatic rings. The number of rotatable bonds is 7. The van der Waals surface area contributed by atoms with Gasteiger partial charge in [-0.05, 0) is 35.9 Å². The maximum absolute atomic E-state index is 12.8. The standard InChI is InChI=1S/C25H18N4O6S/c1-33-20-9-6-15(12-21(20)34-2)7-11-23-26-25-28(27-23)24(30)22(36-25)14-18-8-10-19(35-18)16-4-3-5-17(13-16)29(31)32/h3-14H,1-2H3/b11-7+,22-14-. The lowest BCUT2D eigenvalue weighted by Gasteiger charge is -2.07. The van der Waals surface area contributed by atoms with Gasteiger partial charge in [0.25, 0.3) is 11.2 Å². The van der Waals surface area contributed by atoms with Crippen LogP contribution in [0, 0.1) is 10.1 Å². The van der Waals surface area contributed by atoms with Gasteiger partial charge in [0.2, 0.25) is 4.96 Å². The topological polar surface area (TPSA) is 122 Å². The molecule has 0 saturated carbocycles. The molecule has 11 heteroatoms. The molecule has 10 nitrogen and oxygen atoms in total. The molecule has 36 heavy (non-hydrogen) atoms. The normalized spacial score (nSPS) is 12.0. The first-order valence-electron chi connectivity index (χ1n) is 10.6. The first kappa shape index (κ1) is 23.0. The number of fused-ring (bicyclic) bond motifs is 1. The van der Waals surface area contributed by atoms with Gasteiger partial charge in [0.1, 0.15) is 16.1 Å². The van der Waals surface area contributed by atoms with Crippen LogP contribution in [0.15, 0.2) is 63.8 Å². The van der Waals surface area contributed by atoms with Crippen LogP contribution in [0.3, 0.4) is 0 Å². The highest BCUT2D eigenvalue weighted by molar-refractivity contribution is 7.15. The third kappa shape index (κ3) is 4.46. The van der Waals surface area contributed by atoms with Crippen LogP contribution in [-0.2, 0) is 0 Å². The van der Waals surface area contributed by atoms with E-state index in [1.54, 1.807) is 56.7 Å². The highest BCUT2D eigenvalue weighted by Crippen LogP contribution is 2.28. The van der Waals surface area contributed by atoms with Gasteiger partial charge in [-0.2, -0.15) is 9.50 Å². The summed E-state index contributed by atoms with van der Waals surface area (Å²) in [4.78, 5) is 28.3. The number of furan rings is 1. The Bertz CT molecular complexity index is 1730. The van der Waals surface area contributed by atoms with Gasteiger partial charge in [-0.3, -0.25) is 14.9 Å². The van der Waals surface area contributed by atoms with Gasteiger partial charge < -0.3 is 13.9 Å². The van der Waals surface area contributed by atoms with Crippen molar-refractivity contribution in [3.63, 3.8) is 0 Å². The van der Waals surface area contributed by atoms with Gasteiger partial charge in [0.15, 0.2) is 17.3 Å². The molecule has 3 aromatic heterocycles. The van der Waals surface area contributed by atoms with Gasteiger partial charge in [0.05, 0.1) is 19.1 Å². The summed E-state index contributed by atoms with van der Waals surface area (Å²) in [5.74, 6) is 2.52. The predicted molar refractivity (Wildman–Crippen MR) is 135 cm³/mol. The summed E-state index contributed by atoms with van der Waals surface area (Å²) >= 11 is 1.19. The lowest BCUT2D eigenvalue weighted by atomic mass is 10.1. The van der Waals surface area contributed by atoms with E-state index in [2.05, 4.69) is 10.1 Å². The fourth-order valence-corrected chi connectivity index (χ4v) is 4.43. The molecule has 5 aromatic rings. The fourth-order valence-electron chi connectivity index (χ4n) is 3.53. The van der Waals surface area contributed by atoms with Crippen LogP contribution in [0.2, 0.25) is 0 Å². The van der Waals surface area contributed by atoms with Crippen molar-refractivity contribution < 1.29 is 18.8 Å². The Morgan fingerprint density at radius 1 is 1.06 bits per heavy atom. The van der Waals surface area contributed by atoms with Crippen LogP contribution in [0.1, 0.15) is 17.1 Å². The zero-order chi connectivity index (χ0) is 25.2. The summed E-state index contributed by atoms with van der Waals surface area (Å²) < 4.78 is 18.0. The molecular formula is C25H18N4O6S. The molecule has 5 rings (SSSR count). The molecule has 0 aliphatic carbocycles. The Hall–Kier alpha value is -4.77. The van der Waals surface area contributed by atoms with Crippen LogP contribution in [0.25, 0.3) is 34.5 Å². The van der Waals surface area contributed by atoms with Gasteiger partial charge in [-0.15, -0.1) is 5.10 Å². The minimum Gasteiger partial charge on any atom is -0.493 e. The summed E-state index contributed by atoms with van der Waals surface area (Å²) in [6.45, 7) is 0. The Kier molecular flexibility index (Phi) is 6.05. The summed E-state index contributed by atoms with van der Waals surface area (Å²) in [7, 11) is 3.14. The van der Waals surface area contributed by atoms with E-state index in [1.807, 2.05) is 18.2 Å². The fraction of sp³-hybridized carbons (Fsp3) is 0.0800. The van der Waals surface area contributed by atoms with E-state index in [0.29, 0.717) is 43.9 Å². The molecule has 0 amide bonds.